The smallest absolute Gasteiger partial charge is 0.295 e. The van der Waals surface area contributed by atoms with Gasteiger partial charge in [-0.2, -0.15) is 0 Å². The number of ether oxygens (including phenoxy) is 1. The minimum atomic E-state index is -1.22. The van der Waals surface area contributed by atoms with Gasteiger partial charge in [-0.25, -0.2) is 0 Å². The third-order valence-electron chi connectivity index (χ3n) is 6.75. The summed E-state index contributed by atoms with van der Waals surface area (Å²) < 4.78 is 5.33. The maximum Gasteiger partial charge on any atom is 0.295 e. The van der Waals surface area contributed by atoms with Crippen LogP contribution < -0.4 is 4.74 Å². The van der Waals surface area contributed by atoms with Crippen molar-refractivity contribution in [3.63, 3.8) is 0 Å². The van der Waals surface area contributed by atoms with Crippen LogP contribution in [0.15, 0.2) is 72.4 Å². The molecule has 1 atom stereocenters. The summed E-state index contributed by atoms with van der Waals surface area (Å²) in [5.74, 6) is -1.74. The highest BCUT2D eigenvalue weighted by Gasteiger charge is 2.48. The van der Waals surface area contributed by atoms with Crippen LogP contribution in [0, 0.1) is 10.1 Å². The SMILES string of the molecule is COc1ccc2[nH]cc(CCN3C(=O)C(=O)C(=C(O)c4ccc(Cl)cc4Cl)[C@@H]3c3ccccc3[N+](=O)[O-])c2c1. The average molecular weight is 566 g/mol. The van der Waals surface area contributed by atoms with E-state index in [2.05, 4.69) is 4.98 Å². The first-order valence-corrected chi connectivity index (χ1v) is 12.6. The molecule has 4 aromatic rings. The highest BCUT2D eigenvalue weighted by molar-refractivity contribution is 6.47. The maximum atomic E-state index is 13.4. The predicted molar refractivity (Wildman–Crippen MR) is 147 cm³/mol. The van der Waals surface area contributed by atoms with Crippen molar-refractivity contribution in [1.82, 2.24) is 9.88 Å². The molecule has 2 heterocycles. The first-order chi connectivity index (χ1) is 18.7. The number of nitrogens with zero attached hydrogens (tertiary/aromatic N) is 2. The number of aliphatic hydroxyl groups is 1. The van der Waals surface area contributed by atoms with Crippen molar-refractivity contribution < 1.29 is 24.4 Å². The molecule has 2 N–H and O–H groups in total. The van der Waals surface area contributed by atoms with E-state index in [0.717, 1.165) is 16.5 Å². The average Bonchev–Trinajstić information content (AvgIpc) is 3.44. The van der Waals surface area contributed by atoms with Crippen LogP contribution in [0.25, 0.3) is 16.7 Å². The molecule has 39 heavy (non-hydrogen) atoms. The molecule has 3 aromatic carbocycles. The number of hydrogen-bond donors (Lipinski definition) is 2. The Hall–Kier alpha value is -4.34. The number of nitro benzene ring substituents is 1. The van der Waals surface area contributed by atoms with Crippen LogP contribution in [-0.2, 0) is 16.0 Å². The third-order valence-corrected chi connectivity index (χ3v) is 7.30. The van der Waals surface area contributed by atoms with E-state index in [1.54, 1.807) is 19.4 Å². The van der Waals surface area contributed by atoms with Gasteiger partial charge in [-0.15, -0.1) is 0 Å². The van der Waals surface area contributed by atoms with E-state index in [0.29, 0.717) is 17.2 Å². The van der Waals surface area contributed by atoms with Gasteiger partial charge in [0.1, 0.15) is 11.5 Å². The third kappa shape index (κ3) is 4.71. The minimum Gasteiger partial charge on any atom is -0.507 e. The van der Waals surface area contributed by atoms with Gasteiger partial charge in [-0.05, 0) is 54.4 Å². The van der Waals surface area contributed by atoms with Crippen molar-refractivity contribution >= 4 is 57.2 Å². The molecule has 0 radical (unpaired) electrons. The summed E-state index contributed by atoms with van der Waals surface area (Å²) in [6.07, 6.45) is 2.12. The lowest BCUT2D eigenvalue weighted by Crippen LogP contribution is -2.32. The second-order valence-electron chi connectivity index (χ2n) is 8.91. The van der Waals surface area contributed by atoms with E-state index >= 15 is 0 Å². The number of carbonyl (C=O) groups excluding carboxylic acids is 2. The fraction of sp³-hybridized carbons (Fsp3) is 0.143. The Kier molecular flexibility index (Phi) is 7.03. The van der Waals surface area contributed by atoms with Crippen LogP contribution in [0.1, 0.15) is 22.7 Å². The number of aromatic amines is 1. The summed E-state index contributed by atoms with van der Waals surface area (Å²) in [6.45, 7) is 0.0383. The summed E-state index contributed by atoms with van der Waals surface area (Å²) >= 11 is 12.3. The molecular weight excluding hydrogens is 545 g/mol. The fourth-order valence-corrected chi connectivity index (χ4v) is 5.38. The Morgan fingerprint density at radius 3 is 2.62 bits per heavy atom. The molecule has 1 fully saturated rings. The summed E-state index contributed by atoms with van der Waals surface area (Å²) in [4.78, 5) is 42.5. The highest BCUT2D eigenvalue weighted by Crippen LogP contribution is 2.43. The van der Waals surface area contributed by atoms with E-state index in [1.807, 2.05) is 18.2 Å². The number of H-pyrrole nitrogens is 1. The van der Waals surface area contributed by atoms with Gasteiger partial charge < -0.3 is 19.7 Å². The van der Waals surface area contributed by atoms with Crippen LogP contribution in [0.5, 0.6) is 5.75 Å². The van der Waals surface area contributed by atoms with Gasteiger partial charge in [-0.3, -0.25) is 19.7 Å². The van der Waals surface area contributed by atoms with Gasteiger partial charge in [0, 0.05) is 40.3 Å². The zero-order chi connectivity index (χ0) is 27.8. The molecule has 198 valence electrons. The molecule has 0 spiro atoms. The predicted octanol–water partition coefficient (Wildman–Crippen LogP) is 6.06. The van der Waals surface area contributed by atoms with Crippen LogP contribution in [0.4, 0.5) is 5.69 Å². The van der Waals surface area contributed by atoms with E-state index in [9.17, 15) is 24.8 Å². The topological polar surface area (TPSA) is 126 Å². The number of hydrogen-bond acceptors (Lipinski definition) is 6. The number of halogens is 2. The molecule has 0 aliphatic carbocycles. The Morgan fingerprint density at radius 1 is 1.13 bits per heavy atom. The minimum absolute atomic E-state index is 0.0383. The number of fused-ring (bicyclic) bond motifs is 1. The van der Waals surface area contributed by atoms with Crippen LogP contribution in [0.2, 0.25) is 10.0 Å². The lowest BCUT2D eigenvalue weighted by atomic mass is 9.94. The Morgan fingerprint density at radius 2 is 1.90 bits per heavy atom. The highest BCUT2D eigenvalue weighted by atomic mass is 35.5. The van der Waals surface area contributed by atoms with Gasteiger partial charge in [0.2, 0.25) is 0 Å². The Labute approximate surface area is 232 Å². The number of rotatable bonds is 7. The monoisotopic (exact) mass is 565 g/mol. The summed E-state index contributed by atoms with van der Waals surface area (Å²) in [5.41, 5.74) is 1.30. The van der Waals surface area contributed by atoms with E-state index < -0.39 is 28.4 Å². The number of para-hydroxylation sites is 1. The molecule has 1 aliphatic rings. The molecule has 1 amide bonds. The number of likely N-dealkylation sites (tertiary alicyclic amines) is 1. The van der Waals surface area contributed by atoms with E-state index in [4.69, 9.17) is 27.9 Å². The number of methoxy groups -OCH3 is 1. The number of carbonyl (C=O) groups is 2. The van der Waals surface area contributed by atoms with Crippen molar-refractivity contribution in [1.29, 1.82) is 0 Å². The molecule has 5 rings (SSSR count). The van der Waals surface area contributed by atoms with Crippen molar-refractivity contribution in [3.8, 4) is 5.75 Å². The number of aromatic nitrogens is 1. The van der Waals surface area contributed by atoms with Gasteiger partial charge in [0.25, 0.3) is 17.4 Å². The van der Waals surface area contributed by atoms with Crippen molar-refractivity contribution in [2.75, 3.05) is 13.7 Å². The number of benzene rings is 3. The molecule has 0 bridgehead atoms. The van der Waals surface area contributed by atoms with Gasteiger partial charge >= 0.3 is 0 Å². The molecular formula is C28H21Cl2N3O6. The Bertz CT molecular complexity index is 1680. The summed E-state index contributed by atoms with van der Waals surface area (Å²) in [6, 6.07) is 14.4. The molecule has 9 nitrogen and oxygen atoms in total. The van der Waals surface area contributed by atoms with Gasteiger partial charge in [0.05, 0.1) is 34.2 Å². The van der Waals surface area contributed by atoms with Crippen molar-refractivity contribution in [2.45, 2.75) is 12.5 Å². The summed E-state index contributed by atoms with van der Waals surface area (Å²) in [7, 11) is 1.56. The van der Waals surface area contributed by atoms with Gasteiger partial charge in [-0.1, -0.05) is 35.3 Å². The normalized spacial score (nSPS) is 16.7. The second-order valence-corrected chi connectivity index (χ2v) is 9.75. The van der Waals surface area contributed by atoms with Crippen molar-refractivity contribution in [2.24, 2.45) is 0 Å². The number of Topliss-reactive ketones (excluding diaryl/α,β-unsaturated/α-hetero) is 1. The zero-order valence-corrected chi connectivity index (χ0v) is 22.0. The molecule has 0 saturated carbocycles. The van der Waals surface area contributed by atoms with Crippen LogP contribution in [-0.4, -0.2) is 45.3 Å². The molecule has 1 aromatic heterocycles. The number of amides is 1. The fourth-order valence-electron chi connectivity index (χ4n) is 4.88. The molecule has 1 saturated heterocycles. The quantitative estimate of drug-likeness (QED) is 0.0922. The molecule has 0 unspecified atom stereocenters. The number of nitro groups is 1. The lowest BCUT2D eigenvalue weighted by Gasteiger charge is -2.25. The standard InChI is InChI=1S/C28H21Cl2N3O6/c1-39-17-7-9-22-20(13-17)15(14-31-22)10-11-32-25(19-4-2-3-5-23(19)33(37)38)24(27(35)28(32)36)26(34)18-8-6-16(29)12-21(18)30/h2-9,12-14,25,31,34H,10-11H2,1H3/t25-/m0/s1. The first kappa shape index (κ1) is 26.3. The number of nitrogens with one attached hydrogen (secondary N) is 1. The zero-order valence-electron chi connectivity index (χ0n) is 20.5. The molecule has 1 aliphatic heterocycles. The van der Waals surface area contributed by atoms with Crippen LogP contribution in [0.3, 0.4) is 0 Å². The number of ketones is 1. The maximum absolute atomic E-state index is 13.4. The lowest BCUT2D eigenvalue weighted by molar-refractivity contribution is -0.385. The van der Waals surface area contributed by atoms with Crippen molar-refractivity contribution in [3.05, 3.63) is 109 Å². The van der Waals surface area contributed by atoms with Crippen LogP contribution >= 0.6 is 23.2 Å². The summed E-state index contributed by atoms with van der Waals surface area (Å²) in [5, 5.41) is 24.4. The second kappa shape index (κ2) is 10.4. The van der Waals surface area contributed by atoms with E-state index in [-0.39, 0.29) is 34.0 Å². The van der Waals surface area contributed by atoms with E-state index in [1.165, 1.54) is 41.3 Å². The number of aliphatic hydroxyl groups excluding tert-OH is 1. The Balaban J connectivity index is 1.63. The first-order valence-electron chi connectivity index (χ1n) is 11.8. The molecule has 11 heteroatoms. The van der Waals surface area contributed by atoms with Gasteiger partial charge in [0.15, 0.2) is 0 Å². The largest absolute Gasteiger partial charge is 0.507 e.